The van der Waals surface area contributed by atoms with Crippen molar-refractivity contribution in [3.8, 4) is 0 Å². The van der Waals surface area contributed by atoms with Gasteiger partial charge >= 0.3 is 0 Å². The van der Waals surface area contributed by atoms with Crippen LogP contribution in [0.3, 0.4) is 0 Å². The second-order valence-electron chi connectivity index (χ2n) is 3.38. The summed E-state index contributed by atoms with van der Waals surface area (Å²) in [5, 5.41) is 10.7. The Morgan fingerprint density at radius 2 is 2.24 bits per heavy atom. The lowest BCUT2D eigenvalue weighted by Crippen LogP contribution is -1.98. The maximum Gasteiger partial charge on any atom is 0.273 e. The zero-order valence-electron chi connectivity index (χ0n) is 9.67. The molecule has 5 nitrogen and oxygen atoms in total. The number of aryl methyl sites for hydroxylation is 1. The standard InChI is InChI=1S/C12H13NO4/c1-3-17-7-6-12(14)10-5-4-9(2)11(8-10)13(15)16/h4-8H,3H2,1-2H3. The summed E-state index contributed by atoms with van der Waals surface area (Å²) in [6.45, 7) is 3.89. The Morgan fingerprint density at radius 1 is 1.53 bits per heavy atom. The maximum absolute atomic E-state index is 11.6. The van der Waals surface area contributed by atoms with Crippen LogP contribution in [0.25, 0.3) is 0 Å². The lowest BCUT2D eigenvalue weighted by molar-refractivity contribution is -0.385. The molecule has 1 aromatic rings. The SMILES string of the molecule is CCOC=CC(=O)c1ccc(C)c([N+](=O)[O-])c1. The molecule has 0 aromatic heterocycles. The number of ether oxygens (including phenoxy) is 1. The summed E-state index contributed by atoms with van der Waals surface area (Å²) >= 11 is 0. The van der Waals surface area contributed by atoms with Crippen LogP contribution < -0.4 is 0 Å². The van der Waals surface area contributed by atoms with E-state index >= 15 is 0 Å². The fourth-order valence-electron chi connectivity index (χ4n) is 1.26. The van der Waals surface area contributed by atoms with Crippen LogP contribution in [0.5, 0.6) is 0 Å². The van der Waals surface area contributed by atoms with Crippen molar-refractivity contribution < 1.29 is 14.5 Å². The Labute approximate surface area is 98.9 Å². The topological polar surface area (TPSA) is 69.4 Å². The number of hydrogen-bond acceptors (Lipinski definition) is 4. The average Bonchev–Trinajstić information content (AvgIpc) is 2.29. The number of carbonyl (C=O) groups is 1. The second-order valence-corrected chi connectivity index (χ2v) is 3.38. The number of hydrogen-bond donors (Lipinski definition) is 0. The molecule has 90 valence electrons. The number of carbonyl (C=O) groups excluding carboxylic acids is 1. The molecule has 0 bridgehead atoms. The molecule has 0 spiro atoms. The van der Waals surface area contributed by atoms with Gasteiger partial charge in [-0.15, -0.1) is 0 Å². The highest BCUT2D eigenvalue weighted by molar-refractivity contribution is 6.04. The van der Waals surface area contributed by atoms with Crippen molar-refractivity contribution >= 4 is 11.5 Å². The summed E-state index contributed by atoms with van der Waals surface area (Å²) < 4.78 is 4.89. The van der Waals surface area contributed by atoms with Crippen LogP contribution >= 0.6 is 0 Å². The van der Waals surface area contributed by atoms with E-state index in [4.69, 9.17) is 4.74 Å². The van der Waals surface area contributed by atoms with Gasteiger partial charge in [0.1, 0.15) is 0 Å². The van der Waals surface area contributed by atoms with Crippen molar-refractivity contribution in [3.63, 3.8) is 0 Å². The number of nitro benzene ring substituents is 1. The van der Waals surface area contributed by atoms with Gasteiger partial charge in [0, 0.05) is 23.3 Å². The third-order valence-electron chi connectivity index (χ3n) is 2.17. The minimum absolute atomic E-state index is 0.0549. The summed E-state index contributed by atoms with van der Waals surface area (Å²) in [7, 11) is 0. The quantitative estimate of drug-likeness (QED) is 0.258. The van der Waals surface area contributed by atoms with Gasteiger partial charge < -0.3 is 4.74 Å². The molecule has 1 aromatic carbocycles. The number of allylic oxidation sites excluding steroid dienone is 1. The van der Waals surface area contributed by atoms with E-state index in [0.717, 1.165) is 0 Å². The van der Waals surface area contributed by atoms with E-state index in [-0.39, 0.29) is 17.0 Å². The summed E-state index contributed by atoms with van der Waals surface area (Å²) in [5.74, 6) is -0.318. The van der Waals surface area contributed by atoms with Crippen LogP contribution in [0.15, 0.2) is 30.5 Å². The first kappa shape index (κ1) is 12.9. The number of nitro groups is 1. The predicted molar refractivity (Wildman–Crippen MR) is 62.9 cm³/mol. The van der Waals surface area contributed by atoms with Gasteiger partial charge in [0.05, 0.1) is 17.8 Å². The normalized spacial score (nSPS) is 10.5. The molecule has 0 aliphatic carbocycles. The van der Waals surface area contributed by atoms with Crippen molar-refractivity contribution in [2.75, 3.05) is 6.61 Å². The predicted octanol–water partition coefficient (Wildman–Crippen LogP) is 2.64. The first-order valence-corrected chi connectivity index (χ1v) is 5.13. The molecule has 0 aliphatic rings. The number of benzene rings is 1. The molecular weight excluding hydrogens is 222 g/mol. The van der Waals surface area contributed by atoms with Gasteiger partial charge in [-0.3, -0.25) is 14.9 Å². The second kappa shape index (κ2) is 5.79. The maximum atomic E-state index is 11.6. The van der Waals surface area contributed by atoms with E-state index < -0.39 is 4.92 Å². The molecule has 0 unspecified atom stereocenters. The minimum Gasteiger partial charge on any atom is -0.501 e. The highest BCUT2D eigenvalue weighted by atomic mass is 16.6. The summed E-state index contributed by atoms with van der Waals surface area (Å²) in [5.41, 5.74) is 0.749. The van der Waals surface area contributed by atoms with Crippen molar-refractivity contribution in [3.05, 3.63) is 51.8 Å². The Balaban J connectivity index is 2.96. The van der Waals surface area contributed by atoms with Crippen LogP contribution in [0.2, 0.25) is 0 Å². The highest BCUT2D eigenvalue weighted by Crippen LogP contribution is 2.19. The van der Waals surface area contributed by atoms with Gasteiger partial charge in [0.25, 0.3) is 5.69 Å². The number of rotatable bonds is 5. The molecule has 0 saturated heterocycles. The smallest absolute Gasteiger partial charge is 0.273 e. The Morgan fingerprint density at radius 3 is 2.82 bits per heavy atom. The Kier molecular flexibility index (Phi) is 4.39. The van der Waals surface area contributed by atoms with E-state index in [2.05, 4.69) is 0 Å². The van der Waals surface area contributed by atoms with Crippen molar-refractivity contribution in [2.45, 2.75) is 13.8 Å². The van der Waals surface area contributed by atoms with Crippen molar-refractivity contribution in [1.82, 2.24) is 0 Å². The number of nitrogens with zero attached hydrogens (tertiary/aromatic N) is 1. The van der Waals surface area contributed by atoms with Gasteiger partial charge in [0.15, 0.2) is 5.78 Å². The van der Waals surface area contributed by atoms with Crippen molar-refractivity contribution in [2.24, 2.45) is 0 Å². The van der Waals surface area contributed by atoms with Gasteiger partial charge in [-0.05, 0) is 13.8 Å². The lowest BCUT2D eigenvalue weighted by atomic mass is 10.1. The first-order chi connectivity index (χ1) is 8.06. The lowest BCUT2D eigenvalue weighted by Gasteiger charge is -1.99. The third-order valence-corrected chi connectivity index (χ3v) is 2.17. The summed E-state index contributed by atoms with van der Waals surface area (Å²) in [6.07, 6.45) is 2.53. The molecule has 17 heavy (non-hydrogen) atoms. The first-order valence-electron chi connectivity index (χ1n) is 5.13. The highest BCUT2D eigenvalue weighted by Gasteiger charge is 2.13. The molecule has 0 amide bonds. The van der Waals surface area contributed by atoms with Crippen molar-refractivity contribution in [1.29, 1.82) is 0 Å². The van der Waals surface area contributed by atoms with E-state index in [1.54, 1.807) is 26.0 Å². The largest absolute Gasteiger partial charge is 0.501 e. The molecule has 0 fully saturated rings. The Bertz CT molecular complexity index is 466. The molecule has 0 aliphatic heterocycles. The summed E-state index contributed by atoms with van der Waals surface area (Å²) in [4.78, 5) is 21.8. The van der Waals surface area contributed by atoms with Crippen LogP contribution in [-0.4, -0.2) is 17.3 Å². The van der Waals surface area contributed by atoms with Gasteiger partial charge in [-0.2, -0.15) is 0 Å². The monoisotopic (exact) mass is 235 g/mol. The fourth-order valence-corrected chi connectivity index (χ4v) is 1.26. The minimum atomic E-state index is -0.502. The fraction of sp³-hybridized carbons (Fsp3) is 0.250. The van der Waals surface area contributed by atoms with E-state index in [0.29, 0.717) is 12.2 Å². The van der Waals surface area contributed by atoms with Crippen LogP contribution in [-0.2, 0) is 4.74 Å². The molecular formula is C12H13NO4. The molecule has 0 atom stereocenters. The van der Waals surface area contributed by atoms with Gasteiger partial charge in [-0.25, -0.2) is 0 Å². The van der Waals surface area contributed by atoms with Crippen LogP contribution in [0.4, 0.5) is 5.69 Å². The summed E-state index contributed by atoms with van der Waals surface area (Å²) in [6, 6.07) is 4.38. The molecule has 0 saturated carbocycles. The van der Waals surface area contributed by atoms with Crippen LogP contribution in [0.1, 0.15) is 22.8 Å². The van der Waals surface area contributed by atoms with Crippen LogP contribution in [0, 0.1) is 17.0 Å². The van der Waals surface area contributed by atoms with E-state index in [1.807, 2.05) is 0 Å². The molecule has 1 rings (SSSR count). The third kappa shape index (κ3) is 3.41. The van der Waals surface area contributed by atoms with E-state index in [1.165, 1.54) is 18.4 Å². The molecule has 5 heteroatoms. The zero-order chi connectivity index (χ0) is 12.8. The average molecular weight is 235 g/mol. The molecule has 0 N–H and O–H groups in total. The van der Waals surface area contributed by atoms with Gasteiger partial charge in [0.2, 0.25) is 0 Å². The van der Waals surface area contributed by atoms with Gasteiger partial charge in [-0.1, -0.05) is 12.1 Å². The van der Waals surface area contributed by atoms with E-state index in [9.17, 15) is 14.9 Å². The molecule has 0 radical (unpaired) electrons. The number of ketones is 1. The molecule has 0 heterocycles. The zero-order valence-corrected chi connectivity index (χ0v) is 9.67. The Hall–Kier alpha value is -2.17.